The minimum atomic E-state index is 0.156. The van der Waals surface area contributed by atoms with Crippen LogP contribution < -0.4 is 0 Å². The Bertz CT molecular complexity index is 968. The van der Waals surface area contributed by atoms with Gasteiger partial charge in [0.25, 0.3) is 0 Å². The highest BCUT2D eigenvalue weighted by Gasteiger charge is 2.21. The first-order valence-corrected chi connectivity index (χ1v) is 8.21. The summed E-state index contributed by atoms with van der Waals surface area (Å²) in [5, 5.41) is 5.54. The van der Waals surface area contributed by atoms with Gasteiger partial charge in [0.2, 0.25) is 0 Å². The maximum absolute atomic E-state index is 2.38. The molecule has 0 aliphatic rings. The molecule has 1 aromatic heterocycles. The van der Waals surface area contributed by atoms with E-state index in [-0.39, 0.29) is 5.41 Å². The van der Waals surface area contributed by atoms with Gasteiger partial charge in [-0.3, -0.25) is 0 Å². The summed E-state index contributed by atoms with van der Waals surface area (Å²) in [6, 6.07) is 19.9. The highest BCUT2D eigenvalue weighted by atomic mass is 32.1. The molecule has 0 fully saturated rings. The topological polar surface area (TPSA) is 0 Å². The molecule has 0 nitrogen and oxygen atoms in total. The Hall–Kier alpha value is -1.86. The summed E-state index contributed by atoms with van der Waals surface area (Å²) in [5.74, 6) is 0. The van der Waals surface area contributed by atoms with Gasteiger partial charge in [-0.05, 0) is 33.9 Å². The first-order valence-electron chi connectivity index (χ1n) is 7.39. The van der Waals surface area contributed by atoms with Crippen LogP contribution in [-0.4, -0.2) is 0 Å². The molecule has 1 heterocycles. The largest absolute Gasteiger partial charge is 0.135 e. The zero-order valence-corrected chi connectivity index (χ0v) is 13.4. The SMILES string of the molecule is CC(C)(C)c1cc2ccccc2c2c1sc1ccccc12. The summed E-state index contributed by atoms with van der Waals surface area (Å²) in [7, 11) is 0. The summed E-state index contributed by atoms with van der Waals surface area (Å²) >= 11 is 1.93. The normalized spacial score (nSPS) is 12.5. The Morgan fingerprint density at radius 2 is 1.48 bits per heavy atom. The molecule has 0 unspecified atom stereocenters. The highest BCUT2D eigenvalue weighted by Crippen LogP contribution is 2.43. The van der Waals surface area contributed by atoms with Gasteiger partial charge < -0.3 is 0 Å². The lowest BCUT2D eigenvalue weighted by atomic mass is 9.84. The van der Waals surface area contributed by atoms with Crippen molar-refractivity contribution in [2.24, 2.45) is 0 Å². The lowest BCUT2D eigenvalue weighted by molar-refractivity contribution is 0.597. The minimum Gasteiger partial charge on any atom is -0.135 e. The number of hydrogen-bond donors (Lipinski definition) is 0. The zero-order chi connectivity index (χ0) is 14.6. The van der Waals surface area contributed by atoms with Crippen molar-refractivity contribution in [3.05, 3.63) is 60.2 Å². The molecular formula is C20H18S. The second-order valence-corrected chi connectivity index (χ2v) is 7.75. The molecule has 0 amide bonds. The van der Waals surface area contributed by atoms with Crippen molar-refractivity contribution >= 4 is 42.3 Å². The molecular weight excluding hydrogens is 272 g/mol. The van der Waals surface area contributed by atoms with E-state index < -0.39 is 0 Å². The van der Waals surface area contributed by atoms with Crippen LogP contribution in [0.4, 0.5) is 0 Å². The van der Waals surface area contributed by atoms with Crippen LogP contribution in [0.2, 0.25) is 0 Å². The molecule has 1 heteroatoms. The van der Waals surface area contributed by atoms with E-state index in [1.54, 1.807) is 0 Å². The van der Waals surface area contributed by atoms with Crippen molar-refractivity contribution in [3.63, 3.8) is 0 Å². The van der Waals surface area contributed by atoms with Crippen LogP contribution in [-0.2, 0) is 5.41 Å². The van der Waals surface area contributed by atoms with E-state index in [0.29, 0.717) is 0 Å². The fraction of sp³-hybridized carbons (Fsp3) is 0.200. The number of rotatable bonds is 0. The van der Waals surface area contributed by atoms with Crippen LogP contribution in [0, 0.1) is 0 Å². The van der Waals surface area contributed by atoms with E-state index in [9.17, 15) is 0 Å². The Morgan fingerprint density at radius 3 is 2.24 bits per heavy atom. The smallest absolute Gasteiger partial charge is 0.0399 e. The molecule has 0 aliphatic heterocycles. The fourth-order valence-electron chi connectivity index (χ4n) is 3.13. The third kappa shape index (κ3) is 1.88. The van der Waals surface area contributed by atoms with Crippen LogP contribution in [0.1, 0.15) is 26.3 Å². The molecule has 0 radical (unpaired) electrons. The predicted octanol–water partition coefficient (Wildman–Crippen LogP) is 6.51. The van der Waals surface area contributed by atoms with Gasteiger partial charge in [-0.25, -0.2) is 0 Å². The van der Waals surface area contributed by atoms with Gasteiger partial charge in [0, 0.05) is 20.2 Å². The summed E-state index contributed by atoms with van der Waals surface area (Å²) in [4.78, 5) is 0. The van der Waals surface area contributed by atoms with Gasteiger partial charge >= 0.3 is 0 Å². The Kier molecular flexibility index (Phi) is 2.64. The van der Waals surface area contributed by atoms with Gasteiger partial charge in [-0.15, -0.1) is 11.3 Å². The lowest BCUT2D eigenvalue weighted by Crippen LogP contribution is -2.11. The molecule has 0 saturated heterocycles. The van der Waals surface area contributed by atoms with Crippen molar-refractivity contribution in [2.45, 2.75) is 26.2 Å². The Labute approximate surface area is 129 Å². The van der Waals surface area contributed by atoms with Crippen LogP contribution >= 0.6 is 11.3 Å². The van der Waals surface area contributed by atoms with Crippen molar-refractivity contribution in [3.8, 4) is 0 Å². The van der Waals surface area contributed by atoms with Crippen molar-refractivity contribution in [1.82, 2.24) is 0 Å². The number of thiophene rings is 1. The fourth-order valence-corrected chi connectivity index (χ4v) is 4.57. The molecule has 21 heavy (non-hydrogen) atoms. The van der Waals surface area contributed by atoms with E-state index in [4.69, 9.17) is 0 Å². The number of hydrogen-bond acceptors (Lipinski definition) is 1. The molecule has 0 spiro atoms. The summed E-state index contributed by atoms with van der Waals surface area (Å²) < 4.78 is 2.83. The molecule has 0 bridgehead atoms. The van der Waals surface area contributed by atoms with E-state index >= 15 is 0 Å². The summed E-state index contributed by atoms with van der Waals surface area (Å²) in [6.45, 7) is 6.92. The first kappa shape index (κ1) is 12.8. The maximum Gasteiger partial charge on any atom is 0.0399 e. The third-order valence-corrected chi connectivity index (χ3v) is 5.38. The van der Waals surface area contributed by atoms with Gasteiger partial charge in [-0.1, -0.05) is 63.2 Å². The lowest BCUT2D eigenvalue weighted by Gasteiger charge is -2.21. The monoisotopic (exact) mass is 290 g/mol. The number of fused-ring (bicyclic) bond motifs is 5. The van der Waals surface area contributed by atoms with Crippen molar-refractivity contribution in [1.29, 1.82) is 0 Å². The Balaban J connectivity index is 2.34. The molecule has 0 atom stereocenters. The average Bonchev–Trinajstić information content (AvgIpc) is 2.84. The number of benzene rings is 3. The van der Waals surface area contributed by atoms with E-state index in [1.165, 1.54) is 36.5 Å². The maximum atomic E-state index is 2.38. The van der Waals surface area contributed by atoms with Crippen LogP contribution in [0.3, 0.4) is 0 Å². The van der Waals surface area contributed by atoms with E-state index in [0.717, 1.165) is 0 Å². The molecule has 104 valence electrons. The molecule has 0 N–H and O–H groups in total. The summed E-state index contributed by atoms with van der Waals surface area (Å²) in [6.07, 6.45) is 0. The second-order valence-electron chi connectivity index (χ2n) is 6.70. The van der Waals surface area contributed by atoms with Gasteiger partial charge in [0.05, 0.1) is 0 Å². The summed E-state index contributed by atoms with van der Waals surface area (Å²) in [5.41, 5.74) is 1.61. The molecule has 0 saturated carbocycles. The van der Waals surface area contributed by atoms with Crippen LogP contribution in [0.25, 0.3) is 30.9 Å². The average molecular weight is 290 g/mol. The highest BCUT2D eigenvalue weighted by molar-refractivity contribution is 7.26. The van der Waals surface area contributed by atoms with Crippen molar-refractivity contribution in [2.75, 3.05) is 0 Å². The van der Waals surface area contributed by atoms with E-state index in [1.807, 2.05) is 11.3 Å². The second kappa shape index (κ2) is 4.32. The molecule has 4 aromatic rings. The molecule has 0 aliphatic carbocycles. The van der Waals surface area contributed by atoms with Gasteiger partial charge in [-0.2, -0.15) is 0 Å². The van der Waals surface area contributed by atoms with Crippen molar-refractivity contribution < 1.29 is 0 Å². The van der Waals surface area contributed by atoms with Gasteiger partial charge in [0.1, 0.15) is 0 Å². The van der Waals surface area contributed by atoms with Gasteiger partial charge in [0.15, 0.2) is 0 Å². The third-order valence-electron chi connectivity index (χ3n) is 4.18. The van der Waals surface area contributed by atoms with E-state index in [2.05, 4.69) is 75.4 Å². The molecule has 4 rings (SSSR count). The quantitative estimate of drug-likeness (QED) is 0.346. The van der Waals surface area contributed by atoms with Crippen LogP contribution in [0.5, 0.6) is 0 Å². The Morgan fingerprint density at radius 1 is 0.810 bits per heavy atom. The predicted molar refractivity (Wildman–Crippen MR) is 95.5 cm³/mol. The first-order chi connectivity index (χ1) is 10.1. The standard InChI is InChI=1S/C20H18S/c1-20(2,3)16-12-13-8-4-5-9-14(13)18-15-10-6-7-11-17(15)21-19(16)18/h4-12H,1-3H3. The minimum absolute atomic E-state index is 0.156. The van der Waals surface area contributed by atoms with Crippen LogP contribution in [0.15, 0.2) is 54.6 Å². The molecule has 3 aromatic carbocycles. The zero-order valence-electron chi connectivity index (χ0n) is 12.6.